The number of carbonyl (C=O) groups excluding carboxylic acids is 1. The minimum Gasteiger partial charge on any atom is -0.392 e. The zero-order valence-electron chi connectivity index (χ0n) is 6.21. The molecule has 1 N–H and O–H groups in total. The fraction of sp³-hybridized carbons (Fsp3) is 0.571. The summed E-state index contributed by atoms with van der Waals surface area (Å²) >= 11 is 0. The molecule has 0 amide bonds. The number of carbonyl (C=O) groups is 1. The van der Waals surface area contributed by atoms with Crippen LogP contribution in [0, 0.1) is 44.1 Å². The maximum atomic E-state index is 9.82. The Balaban J connectivity index is 0. The molecule has 0 aromatic heterocycles. The summed E-state index contributed by atoms with van der Waals surface area (Å²) in [4.78, 5) is 9.82. The van der Waals surface area contributed by atoms with E-state index in [1.807, 2.05) is 6.92 Å². The van der Waals surface area contributed by atoms with Crippen molar-refractivity contribution in [2.45, 2.75) is 19.8 Å². The number of aliphatic hydroxyl groups is 1. The number of rotatable bonds is 4. The van der Waals surface area contributed by atoms with Gasteiger partial charge in [-0.25, -0.2) is 0 Å². The molecular weight excluding hydrogens is 343 g/mol. The molecule has 3 heteroatoms. The first-order valence-corrected chi connectivity index (χ1v) is 3.01. The van der Waals surface area contributed by atoms with E-state index in [4.69, 9.17) is 5.11 Å². The van der Waals surface area contributed by atoms with Crippen molar-refractivity contribution in [2.24, 2.45) is 0 Å². The molecule has 0 aromatic carbocycles. The van der Waals surface area contributed by atoms with Crippen LogP contribution in [0.15, 0.2) is 11.6 Å². The molecule has 0 aromatic rings. The SMILES string of the molecule is C/C(=C\CO)CCC=O.[Ac]. The topological polar surface area (TPSA) is 37.3 Å². The normalized spacial score (nSPS) is 10.4. The minimum absolute atomic E-state index is 0. The second-order valence-corrected chi connectivity index (χ2v) is 1.94. The number of hydrogen-bond acceptors (Lipinski definition) is 2. The second kappa shape index (κ2) is 9.81. The van der Waals surface area contributed by atoms with Gasteiger partial charge >= 0.3 is 0 Å². The molecular formula is C7H12AcO2. The largest absolute Gasteiger partial charge is 0.392 e. The molecule has 0 unspecified atom stereocenters. The summed E-state index contributed by atoms with van der Waals surface area (Å²) in [5.41, 5.74) is 1.07. The van der Waals surface area contributed by atoms with Gasteiger partial charge in [0, 0.05) is 50.5 Å². The molecule has 55 valence electrons. The van der Waals surface area contributed by atoms with Crippen molar-refractivity contribution in [1.29, 1.82) is 0 Å². The van der Waals surface area contributed by atoms with Gasteiger partial charge in [0.2, 0.25) is 0 Å². The summed E-state index contributed by atoms with van der Waals surface area (Å²) < 4.78 is 0. The van der Waals surface area contributed by atoms with Gasteiger partial charge in [-0.2, -0.15) is 0 Å². The van der Waals surface area contributed by atoms with E-state index < -0.39 is 0 Å². The zero-order valence-corrected chi connectivity index (χ0v) is 11.0. The Labute approximate surface area is 97.3 Å². The van der Waals surface area contributed by atoms with Gasteiger partial charge in [-0.1, -0.05) is 11.6 Å². The predicted octanol–water partition coefficient (Wildman–Crippen LogP) is 0.904. The maximum Gasteiger partial charge on any atom is 0.120 e. The van der Waals surface area contributed by atoms with Gasteiger partial charge < -0.3 is 9.90 Å². The molecule has 0 fully saturated rings. The third kappa shape index (κ3) is 8.81. The monoisotopic (exact) mass is 355 g/mol. The first-order chi connectivity index (χ1) is 4.31. The molecule has 0 spiro atoms. The molecule has 2 nitrogen and oxygen atoms in total. The van der Waals surface area contributed by atoms with Gasteiger partial charge in [0.05, 0.1) is 6.61 Å². The summed E-state index contributed by atoms with van der Waals surface area (Å²) in [7, 11) is 0. The minimum atomic E-state index is 0. The molecule has 10 heavy (non-hydrogen) atoms. The quantitative estimate of drug-likeness (QED) is 0.601. The van der Waals surface area contributed by atoms with Crippen LogP contribution < -0.4 is 0 Å². The van der Waals surface area contributed by atoms with Gasteiger partial charge in [0.15, 0.2) is 0 Å². The predicted molar refractivity (Wildman–Crippen MR) is 36.1 cm³/mol. The number of aldehydes is 1. The fourth-order valence-corrected chi connectivity index (χ4v) is 0.544. The summed E-state index contributed by atoms with van der Waals surface area (Å²) in [5.74, 6) is 0. The summed E-state index contributed by atoms with van der Waals surface area (Å²) in [6.07, 6.45) is 3.92. The van der Waals surface area contributed by atoms with Crippen molar-refractivity contribution in [3.8, 4) is 0 Å². The van der Waals surface area contributed by atoms with E-state index in [0.29, 0.717) is 6.42 Å². The van der Waals surface area contributed by atoms with Crippen molar-refractivity contribution in [1.82, 2.24) is 0 Å². The van der Waals surface area contributed by atoms with E-state index in [9.17, 15) is 4.79 Å². The van der Waals surface area contributed by atoms with E-state index in [1.54, 1.807) is 6.08 Å². The van der Waals surface area contributed by atoms with E-state index in [0.717, 1.165) is 18.3 Å². The van der Waals surface area contributed by atoms with Crippen molar-refractivity contribution < 1.29 is 54.0 Å². The Morgan fingerprint density at radius 1 is 1.60 bits per heavy atom. The number of hydrogen-bond donors (Lipinski definition) is 1. The molecule has 0 bridgehead atoms. The second-order valence-electron chi connectivity index (χ2n) is 1.94. The summed E-state index contributed by atoms with van der Waals surface area (Å²) in [6, 6.07) is 0. The van der Waals surface area contributed by atoms with Crippen molar-refractivity contribution >= 4 is 6.29 Å². The molecule has 0 rings (SSSR count). The maximum absolute atomic E-state index is 9.82. The van der Waals surface area contributed by atoms with Crippen LogP contribution in [0.1, 0.15) is 19.8 Å². The van der Waals surface area contributed by atoms with E-state index in [-0.39, 0.29) is 50.7 Å². The Kier molecular flexibility index (Phi) is 13.2. The van der Waals surface area contributed by atoms with E-state index in [1.165, 1.54) is 0 Å². The van der Waals surface area contributed by atoms with Crippen LogP contribution in [0.25, 0.3) is 0 Å². The zero-order chi connectivity index (χ0) is 7.11. The molecule has 0 aliphatic rings. The Hall–Kier alpha value is 0.812. The average Bonchev–Trinajstić information content (AvgIpc) is 1.85. The van der Waals surface area contributed by atoms with Crippen molar-refractivity contribution in [3.05, 3.63) is 11.6 Å². The van der Waals surface area contributed by atoms with Crippen LogP contribution in [0.4, 0.5) is 0 Å². The van der Waals surface area contributed by atoms with Gasteiger partial charge in [-0.05, 0) is 13.3 Å². The standard InChI is InChI=1S/C7H12O2.Ac/c1-7(4-6-9)3-2-5-8;/h4-5,9H,2-3,6H2,1H3;/b7-4+;. The summed E-state index contributed by atoms with van der Waals surface area (Å²) in [5, 5.41) is 8.37. The third-order valence-electron chi connectivity index (χ3n) is 1.10. The average molecular weight is 355 g/mol. The van der Waals surface area contributed by atoms with Gasteiger partial charge in [-0.15, -0.1) is 0 Å². The number of allylic oxidation sites excluding steroid dienone is 1. The van der Waals surface area contributed by atoms with Crippen LogP contribution in [-0.2, 0) is 4.79 Å². The third-order valence-corrected chi connectivity index (χ3v) is 1.10. The molecule has 1 radical (unpaired) electrons. The van der Waals surface area contributed by atoms with Crippen LogP contribution in [0.5, 0.6) is 0 Å². The van der Waals surface area contributed by atoms with Crippen LogP contribution >= 0.6 is 0 Å². The molecule has 0 aliphatic carbocycles. The first kappa shape index (κ1) is 13.4. The molecule has 0 saturated heterocycles. The van der Waals surface area contributed by atoms with E-state index in [2.05, 4.69) is 0 Å². The number of aliphatic hydroxyl groups excluding tert-OH is 1. The molecule has 0 heterocycles. The van der Waals surface area contributed by atoms with Crippen LogP contribution in [0.2, 0.25) is 0 Å². The van der Waals surface area contributed by atoms with E-state index >= 15 is 0 Å². The smallest absolute Gasteiger partial charge is 0.120 e. The van der Waals surface area contributed by atoms with Crippen molar-refractivity contribution in [2.75, 3.05) is 6.61 Å². The Morgan fingerprint density at radius 2 is 2.20 bits per heavy atom. The first-order valence-electron chi connectivity index (χ1n) is 3.01. The molecule has 0 saturated carbocycles. The van der Waals surface area contributed by atoms with Crippen LogP contribution in [-0.4, -0.2) is 18.0 Å². The van der Waals surface area contributed by atoms with Gasteiger partial charge in [0.1, 0.15) is 6.29 Å². The van der Waals surface area contributed by atoms with Gasteiger partial charge in [-0.3, -0.25) is 0 Å². The fourth-order valence-electron chi connectivity index (χ4n) is 0.544. The van der Waals surface area contributed by atoms with Gasteiger partial charge in [0.25, 0.3) is 0 Å². The molecule has 0 aliphatic heterocycles. The summed E-state index contributed by atoms with van der Waals surface area (Å²) in [6.45, 7) is 1.98. The Bertz CT molecular complexity index is 110. The Morgan fingerprint density at radius 3 is 2.60 bits per heavy atom. The van der Waals surface area contributed by atoms with Crippen LogP contribution in [0.3, 0.4) is 0 Å². The van der Waals surface area contributed by atoms with Crippen molar-refractivity contribution in [3.63, 3.8) is 0 Å². The molecule has 0 atom stereocenters.